The van der Waals surface area contributed by atoms with Crippen LogP contribution < -0.4 is 16.0 Å². The number of fused-ring (bicyclic) bond motifs is 2. The molecule has 3 aliphatic rings. The van der Waals surface area contributed by atoms with Gasteiger partial charge in [-0.15, -0.1) is 0 Å². The van der Waals surface area contributed by atoms with E-state index in [4.69, 9.17) is 0 Å². The summed E-state index contributed by atoms with van der Waals surface area (Å²) in [5, 5.41) is 9.56. The third-order valence-electron chi connectivity index (χ3n) is 5.40. The van der Waals surface area contributed by atoms with Crippen LogP contribution in [0.1, 0.15) is 55.3 Å². The largest absolute Gasteiger partial charge is 0.349 e. The zero-order valence-electron chi connectivity index (χ0n) is 13.9. The topological polar surface area (TPSA) is 70.2 Å². The molecule has 3 fully saturated rings. The van der Waals surface area contributed by atoms with Crippen LogP contribution >= 0.6 is 0 Å². The highest BCUT2D eigenvalue weighted by Gasteiger charge is 2.34. The minimum atomic E-state index is -0.0895. The van der Waals surface area contributed by atoms with E-state index < -0.39 is 0 Å². The molecule has 2 unspecified atom stereocenters. The number of rotatable bonds is 5. The zero-order chi connectivity index (χ0) is 16.5. The van der Waals surface area contributed by atoms with Gasteiger partial charge in [0.25, 0.3) is 5.91 Å². The van der Waals surface area contributed by atoms with Crippen LogP contribution in [-0.2, 0) is 4.79 Å². The predicted octanol–water partition coefficient (Wildman–Crippen LogP) is 2.44. The Morgan fingerprint density at radius 3 is 2.46 bits per heavy atom. The van der Waals surface area contributed by atoms with E-state index in [0.717, 1.165) is 25.7 Å². The molecule has 2 bridgehead atoms. The highest BCUT2D eigenvalue weighted by atomic mass is 16.2. The second-order valence-corrected chi connectivity index (χ2v) is 7.52. The third-order valence-corrected chi connectivity index (χ3v) is 5.40. The molecule has 3 N–H and O–H groups in total. The van der Waals surface area contributed by atoms with E-state index in [2.05, 4.69) is 16.0 Å². The summed E-state index contributed by atoms with van der Waals surface area (Å²) in [4.78, 5) is 24.8. The van der Waals surface area contributed by atoms with E-state index in [1.54, 1.807) is 6.07 Å². The summed E-state index contributed by atoms with van der Waals surface area (Å²) >= 11 is 0. The van der Waals surface area contributed by atoms with Gasteiger partial charge in [0.15, 0.2) is 0 Å². The summed E-state index contributed by atoms with van der Waals surface area (Å²) in [6.45, 7) is 0. The molecule has 5 nitrogen and oxygen atoms in total. The third kappa shape index (κ3) is 3.61. The molecule has 4 rings (SSSR count). The van der Waals surface area contributed by atoms with Gasteiger partial charge in [-0.05, 0) is 56.6 Å². The summed E-state index contributed by atoms with van der Waals surface area (Å²) in [5.41, 5.74) is 1.18. The fraction of sp³-hybridized carbons (Fsp3) is 0.579. The number of para-hydroxylation sites is 1. The molecule has 0 radical (unpaired) electrons. The summed E-state index contributed by atoms with van der Waals surface area (Å²) < 4.78 is 0. The van der Waals surface area contributed by atoms with Crippen molar-refractivity contribution in [2.24, 2.45) is 5.92 Å². The number of amides is 2. The lowest BCUT2D eigenvalue weighted by Crippen LogP contribution is -2.39. The molecular weight excluding hydrogens is 302 g/mol. The molecule has 2 amide bonds. The maximum Gasteiger partial charge on any atom is 0.253 e. The molecule has 1 aliphatic carbocycles. The number of carbonyl (C=O) groups is 2. The van der Waals surface area contributed by atoms with Crippen LogP contribution in [0, 0.1) is 5.92 Å². The fourth-order valence-electron chi connectivity index (χ4n) is 4.09. The van der Waals surface area contributed by atoms with Gasteiger partial charge < -0.3 is 16.0 Å². The highest BCUT2D eigenvalue weighted by molar-refractivity contribution is 6.03. The van der Waals surface area contributed by atoms with Crippen molar-refractivity contribution in [1.82, 2.24) is 10.6 Å². The van der Waals surface area contributed by atoms with Crippen LogP contribution in [0.2, 0.25) is 0 Å². The summed E-state index contributed by atoms with van der Waals surface area (Å²) in [7, 11) is 0. The summed E-state index contributed by atoms with van der Waals surface area (Å²) in [6.07, 6.45) is 7.32. The smallest absolute Gasteiger partial charge is 0.253 e. The normalized spacial score (nSPS) is 28.4. The Morgan fingerprint density at radius 1 is 1.04 bits per heavy atom. The van der Waals surface area contributed by atoms with Crippen LogP contribution in [0.4, 0.5) is 5.69 Å². The van der Waals surface area contributed by atoms with E-state index in [-0.39, 0.29) is 11.8 Å². The fourth-order valence-corrected chi connectivity index (χ4v) is 4.09. The Balaban J connectivity index is 1.37. The van der Waals surface area contributed by atoms with Gasteiger partial charge in [0.1, 0.15) is 0 Å². The number of hydrogen-bond acceptors (Lipinski definition) is 3. The molecule has 2 heterocycles. The Bertz CT molecular complexity index is 629. The predicted molar refractivity (Wildman–Crippen MR) is 92.8 cm³/mol. The number of anilines is 1. The second-order valence-electron chi connectivity index (χ2n) is 7.52. The molecule has 2 saturated heterocycles. The SMILES string of the molecule is O=C(CC1CC2CCC(C1)N2)Nc1ccccc1C(=O)NC1CC1. The number of benzene rings is 1. The monoisotopic (exact) mass is 327 g/mol. The first-order valence-electron chi connectivity index (χ1n) is 9.13. The Kier molecular flexibility index (Phi) is 4.27. The average Bonchev–Trinajstić information content (AvgIpc) is 3.30. The van der Waals surface area contributed by atoms with Gasteiger partial charge >= 0.3 is 0 Å². The number of hydrogen-bond donors (Lipinski definition) is 3. The molecule has 2 atom stereocenters. The van der Waals surface area contributed by atoms with Gasteiger partial charge in [-0.1, -0.05) is 12.1 Å². The molecule has 1 aromatic rings. The maximum absolute atomic E-state index is 12.5. The lowest BCUT2D eigenvalue weighted by molar-refractivity contribution is -0.117. The molecular formula is C19H25N3O2. The summed E-state index contributed by atoms with van der Waals surface area (Å²) in [6, 6.07) is 8.78. The van der Waals surface area contributed by atoms with Crippen molar-refractivity contribution >= 4 is 17.5 Å². The van der Waals surface area contributed by atoms with Crippen molar-refractivity contribution in [2.75, 3.05) is 5.32 Å². The van der Waals surface area contributed by atoms with Crippen molar-refractivity contribution in [1.29, 1.82) is 0 Å². The quantitative estimate of drug-likeness (QED) is 0.778. The van der Waals surface area contributed by atoms with E-state index in [9.17, 15) is 9.59 Å². The Hall–Kier alpha value is -1.88. The lowest BCUT2D eigenvalue weighted by atomic mass is 9.89. The molecule has 2 aliphatic heterocycles. The van der Waals surface area contributed by atoms with Crippen molar-refractivity contribution in [3.05, 3.63) is 29.8 Å². The van der Waals surface area contributed by atoms with Gasteiger partial charge in [0, 0.05) is 24.5 Å². The average molecular weight is 327 g/mol. The van der Waals surface area contributed by atoms with Crippen LogP contribution in [0.15, 0.2) is 24.3 Å². The molecule has 0 aromatic heterocycles. The number of nitrogens with one attached hydrogen (secondary N) is 3. The molecule has 0 spiro atoms. The highest BCUT2D eigenvalue weighted by Crippen LogP contribution is 2.33. The molecule has 1 saturated carbocycles. The summed E-state index contributed by atoms with van der Waals surface area (Å²) in [5.74, 6) is 0.387. The molecule has 128 valence electrons. The van der Waals surface area contributed by atoms with E-state index in [0.29, 0.717) is 41.7 Å². The first-order valence-corrected chi connectivity index (χ1v) is 9.13. The van der Waals surface area contributed by atoms with Crippen molar-refractivity contribution < 1.29 is 9.59 Å². The van der Waals surface area contributed by atoms with Gasteiger partial charge in [-0.2, -0.15) is 0 Å². The van der Waals surface area contributed by atoms with Crippen molar-refractivity contribution in [2.45, 2.75) is 63.1 Å². The van der Waals surface area contributed by atoms with Crippen LogP contribution in [-0.4, -0.2) is 29.9 Å². The maximum atomic E-state index is 12.5. The second kappa shape index (κ2) is 6.55. The van der Waals surface area contributed by atoms with Gasteiger partial charge in [-0.25, -0.2) is 0 Å². The first kappa shape index (κ1) is 15.6. The van der Waals surface area contributed by atoms with E-state index in [1.165, 1.54) is 12.8 Å². The molecule has 5 heteroatoms. The van der Waals surface area contributed by atoms with Crippen LogP contribution in [0.5, 0.6) is 0 Å². The standard InChI is InChI=1S/C19H25N3O2/c23-18(11-12-9-14-7-8-15(10-12)20-14)22-17-4-2-1-3-16(17)19(24)21-13-5-6-13/h1-4,12-15,20H,5-11H2,(H,21,24)(H,22,23). The van der Waals surface area contributed by atoms with Crippen LogP contribution in [0.25, 0.3) is 0 Å². The Labute approximate surface area is 142 Å². The van der Waals surface area contributed by atoms with Crippen molar-refractivity contribution in [3.63, 3.8) is 0 Å². The van der Waals surface area contributed by atoms with E-state index in [1.807, 2.05) is 18.2 Å². The molecule has 24 heavy (non-hydrogen) atoms. The van der Waals surface area contributed by atoms with Gasteiger partial charge in [0.05, 0.1) is 11.3 Å². The van der Waals surface area contributed by atoms with Gasteiger partial charge in [-0.3, -0.25) is 9.59 Å². The van der Waals surface area contributed by atoms with E-state index >= 15 is 0 Å². The zero-order valence-corrected chi connectivity index (χ0v) is 13.9. The van der Waals surface area contributed by atoms with Crippen molar-refractivity contribution in [3.8, 4) is 0 Å². The minimum Gasteiger partial charge on any atom is -0.349 e. The number of piperidine rings is 1. The van der Waals surface area contributed by atoms with Gasteiger partial charge in [0.2, 0.25) is 5.91 Å². The Morgan fingerprint density at radius 2 is 1.75 bits per heavy atom. The molecule has 1 aromatic carbocycles. The first-order chi connectivity index (χ1) is 11.7. The lowest BCUT2D eigenvalue weighted by Gasteiger charge is -2.28. The van der Waals surface area contributed by atoms with Crippen LogP contribution in [0.3, 0.4) is 0 Å². The number of carbonyl (C=O) groups excluding carboxylic acids is 2. The minimum absolute atomic E-state index is 0.0213.